The zero-order valence-electron chi connectivity index (χ0n) is 7.64. The Morgan fingerprint density at radius 1 is 1.13 bits per heavy atom. The van der Waals surface area contributed by atoms with Gasteiger partial charge in [-0.15, -0.1) is 0 Å². The quantitative estimate of drug-likeness (QED) is 0.615. The van der Waals surface area contributed by atoms with Gasteiger partial charge in [-0.1, -0.05) is 36.4 Å². The van der Waals surface area contributed by atoms with Crippen molar-refractivity contribution in [1.82, 2.24) is 0 Å². The Kier molecular flexibility index (Phi) is 3.48. The molecule has 0 saturated carbocycles. The zero-order chi connectivity index (χ0) is 10.7. The van der Waals surface area contributed by atoms with Gasteiger partial charge in [0.05, 0.1) is 5.56 Å². The maximum atomic E-state index is 11.6. The topological polar surface area (TPSA) is 26.3 Å². The minimum absolute atomic E-state index is 0.300. The number of carbonyl (C=O) groups excluding carboxylic acids is 1. The molecule has 0 atom stereocenters. The number of rotatable bonds is 2. The highest BCUT2D eigenvalue weighted by Crippen LogP contribution is 2.22. The molecule has 0 spiro atoms. The Balaban J connectivity index is 2.56. The smallest absolute Gasteiger partial charge is 0.351 e. The van der Waals surface area contributed by atoms with Crippen molar-refractivity contribution in [1.29, 1.82) is 0 Å². The van der Waals surface area contributed by atoms with Crippen LogP contribution >= 0.6 is 30.4 Å². The number of hydrogen-bond acceptors (Lipinski definition) is 3. The van der Waals surface area contributed by atoms with Crippen LogP contribution in [-0.2, 0) is 4.18 Å². The van der Waals surface area contributed by atoms with Crippen LogP contribution in [0.3, 0.4) is 0 Å². The van der Waals surface area contributed by atoms with Gasteiger partial charge in [0, 0.05) is 21.2 Å². The minimum atomic E-state index is -0.300. The second kappa shape index (κ2) is 4.85. The second-order valence-electron chi connectivity index (χ2n) is 2.96. The monoisotopic (exact) mass is 330 g/mol. The number of benzene rings is 2. The first-order chi connectivity index (χ1) is 7.33. The molecular weight excluding hydrogens is 323 g/mol. The fraction of sp³-hybridized carbons (Fsp3) is 0. The lowest BCUT2D eigenvalue weighted by atomic mass is 10.1. The van der Waals surface area contributed by atoms with E-state index in [4.69, 9.17) is 4.18 Å². The standard InChI is InChI=1S/C11H7IO2S/c12-15-14-11(13)10-7-3-5-8-4-1-2-6-9(8)10/h1-7H. The summed E-state index contributed by atoms with van der Waals surface area (Å²) in [5.41, 5.74) is 0.609. The van der Waals surface area contributed by atoms with Crippen molar-refractivity contribution in [3.05, 3.63) is 48.0 Å². The van der Waals surface area contributed by atoms with E-state index >= 15 is 0 Å². The molecule has 0 aromatic heterocycles. The summed E-state index contributed by atoms with van der Waals surface area (Å²) in [6.07, 6.45) is 0. The van der Waals surface area contributed by atoms with E-state index in [-0.39, 0.29) is 5.97 Å². The molecule has 0 heterocycles. The van der Waals surface area contributed by atoms with E-state index < -0.39 is 0 Å². The van der Waals surface area contributed by atoms with Crippen molar-refractivity contribution in [2.24, 2.45) is 0 Å². The summed E-state index contributed by atoms with van der Waals surface area (Å²) in [5, 5.41) is 1.97. The molecule has 0 aliphatic heterocycles. The van der Waals surface area contributed by atoms with Crippen LogP contribution in [-0.4, -0.2) is 5.97 Å². The first kappa shape index (κ1) is 10.8. The molecule has 0 aliphatic rings. The van der Waals surface area contributed by atoms with Crippen LogP contribution in [0.5, 0.6) is 0 Å². The van der Waals surface area contributed by atoms with Gasteiger partial charge in [-0.3, -0.25) is 0 Å². The zero-order valence-corrected chi connectivity index (χ0v) is 10.6. The van der Waals surface area contributed by atoms with Crippen LogP contribution in [0, 0.1) is 0 Å². The lowest BCUT2D eigenvalue weighted by Crippen LogP contribution is -1.99. The van der Waals surface area contributed by atoms with E-state index in [1.165, 1.54) is 0 Å². The summed E-state index contributed by atoms with van der Waals surface area (Å²) in [7, 11) is 1.03. The van der Waals surface area contributed by atoms with Gasteiger partial charge in [0.2, 0.25) is 0 Å². The summed E-state index contributed by atoms with van der Waals surface area (Å²) in [5.74, 6) is -0.300. The van der Waals surface area contributed by atoms with Gasteiger partial charge in [0.15, 0.2) is 0 Å². The Morgan fingerprint density at radius 2 is 1.87 bits per heavy atom. The molecule has 0 N–H and O–H groups in total. The van der Waals surface area contributed by atoms with Crippen LogP contribution in [0.15, 0.2) is 42.5 Å². The van der Waals surface area contributed by atoms with Crippen molar-refractivity contribution < 1.29 is 8.98 Å². The highest BCUT2D eigenvalue weighted by molar-refractivity contribution is 14.2. The maximum absolute atomic E-state index is 11.6. The molecule has 0 fully saturated rings. The van der Waals surface area contributed by atoms with Crippen molar-refractivity contribution in [3.8, 4) is 0 Å². The van der Waals surface area contributed by atoms with E-state index in [9.17, 15) is 4.79 Å². The lowest BCUT2D eigenvalue weighted by Gasteiger charge is -2.03. The van der Waals surface area contributed by atoms with E-state index in [1.54, 1.807) is 6.07 Å². The number of halogens is 1. The third kappa shape index (κ3) is 2.26. The third-order valence-electron chi connectivity index (χ3n) is 2.12. The number of hydrogen-bond donors (Lipinski definition) is 0. The molecule has 0 bridgehead atoms. The molecule has 0 amide bonds. The highest BCUT2D eigenvalue weighted by atomic mass is 127. The van der Waals surface area contributed by atoms with E-state index in [0.717, 1.165) is 20.0 Å². The molecule has 0 aliphatic carbocycles. The summed E-state index contributed by atoms with van der Waals surface area (Å²) in [6.45, 7) is 0. The minimum Gasteiger partial charge on any atom is -0.377 e. The van der Waals surface area contributed by atoms with Crippen molar-refractivity contribution in [2.75, 3.05) is 0 Å². The third-order valence-corrected chi connectivity index (χ3v) is 2.87. The van der Waals surface area contributed by atoms with Crippen LogP contribution in [0.4, 0.5) is 0 Å². The first-order valence-electron chi connectivity index (χ1n) is 4.30. The van der Waals surface area contributed by atoms with Crippen LogP contribution in [0.25, 0.3) is 10.8 Å². The summed E-state index contributed by atoms with van der Waals surface area (Å²) >= 11 is 1.93. The molecule has 76 valence electrons. The highest BCUT2D eigenvalue weighted by Gasteiger charge is 2.10. The van der Waals surface area contributed by atoms with Gasteiger partial charge in [0.1, 0.15) is 9.21 Å². The fourth-order valence-corrected chi connectivity index (χ4v) is 2.11. The van der Waals surface area contributed by atoms with Gasteiger partial charge in [-0.05, 0) is 16.8 Å². The predicted octanol–water partition coefficient (Wildman–Crippen LogP) is 3.99. The Bertz CT molecular complexity index is 493. The molecule has 0 unspecified atom stereocenters. The van der Waals surface area contributed by atoms with Gasteiger partial charge in [-0.25, -0.2) is 4.79 Å². The Labute approximate surface area is 104 Å². The SMILES string of the molecule is O=C(OSI)c1cccc2ccccc12. The molecule has 4 heteroatoms. The van der Waals surface area contributed by atoms with E-state index in [2.05, 4.69) is 0 Å². The fourth-order valence-electron chi connectivity index (χ4n) is 1.48. The molecule has 2 nitrogen and oxygen atoms in total. The second-order valence-corrected chi connectivity index (χ2v) is 4.33. The summed E-state index contributed by atoms with van der Waals surface area (Å²) in [6, 6.07) is 13.4. The molecule has 0 radical (unpaired) electrons. The summed E-state index contributed by atoms with van der Waals surface area (Å²) < 4.78 is 4.90. The Morgan fingerprint density at radius 3 is 2.67 bits per heavy atom. The molecule has 2 aromatic carbocycles. The normalized spacial score (nSPS) is 10.2. The number of carbonyl (C=O) groups is 1. The average Bonchev–Trinajstić information content (AvgIpc) is 2.28. The number of fused-ring (bicyclic) bond motifs is 1. The molecule has 2 aromatic rings. The predicted molar refractivity (Wildman–Crippen MR) is 71.0 cm³/mol. The first-order valence-corrected chi connectivity index (χ1v) is 7.58. The van der Waals surface area contributed by atoms with Crippen LogP contribution in [0.1, 0.15) is 10.4 Å². The maximum Gasteiger partial charge on any atom is 0.351 e. The molecule has 2 rings (SSSR count). The van der Waals surface area contributed by atoms with Gasteiger partial charge in [0.25, 0.3) is 0 Å². The van der Waals surface area contributed by atoms with Crippen molar-refractivity contribution in [2.45, 2.75) is 0 Å². The van der Waals surface area contributed by atoms with E-state index in [0.29, 0.717) is 5.56 Å². The van der Waals surface area contributed by atoms with Gasteiger partial charge < -0.3 is 4.18 Å². The van der Waals surface area contributed by atoms with Crippen LogP contribution in [0.2, 0.25) is 0 Å². The average molecular weight is 330 g/mol. The van der Waals surface area contributed by atoms with Crippen molar-refractivity contribution >= 4 is 47.2 Å². The van der Waals surface area contributed by atoms with Gasteiger partial charge in [-0.2, -0.15) is 0 Å². The molecule has 0 saturated heterocycles. The Hall–Kier alpha value is -0.750. The van der Waals surface area contributed by atoms with E-state index in [1.807, 2.05) is 57.6 Å². The van der Waals surface area contributed by atoms with Crippen molar-refractivity contribution in [3.63, 3.8) is 0 Å². The molecular formula is C11H7IO2S. The van der Waals surface area contributed by atoms with Crippen LogP contribution < -0.4 is 0 Å². The summed E-state index contributed by atoms with van der Waals surface area (Å²) in [4.78, 5) is 11.6. The largest absolute Gasteiger partial charge is 0.377 e. The van der Waals surface area contributed by atoms with Gasteiger partial charge >= 0.3 is 5.97 Å². The lowest BCUT2D eigenvalue weighted by molar-refractivity contribution is 0.0773. The molecule has 15 heavy (non-hydrogen) atoms.